The second kappa shape index (κ2) is 6.29. The van der Waals surface area contributed by atoms with Crippen LogP contribution in [0.1, 0.15) is 13.3 Å². The lowest BCUT2D eigenvalue weighted by Gasteiger charge is -2.25. The zero-order chi connectivity index (χ0) is 18.3. The Bertz CT molecular complexity index is 909. The number of carbonyl (C=O) groups is 2. The molecule has 2 aliphatic heterocycles. The molecule has 1 aromatic carbocycles. The number of fused-ring (bicyclic) bond motifs is 1. The molecule has 3 aliphatic rings. The second-order valence-corrected chi connectivity index (χ2v) is 6.24. The van der Waals surface area contributed by atoms with Crippen molar-refractivity contribution in [2.45, 2.75) is 13.3 Å². The number of rotatable bonds is 3. The minimum atomic E-state index is -0.932. The van der Waals surface area contributed by atoms with Gasteiger partial charge in [-0.15, -0.1) is 0 Å². The zero-order valence-electron chi connectivity index (χ0n) is 14.2. The normalized spacial score (nSPS) is 20.5. The molecule has 2 amide bonds. The van der Waals surface area contributed by atoms with Gasteiger partial charge in [0.15, 0.2) is 0 Å². The third-order valence-electron chi connectivity index (χ3n) is 4.70. The lowest BCUT2D eigenvalue weighted by molar-refractivity contribution is -0.130. The highest BCUT2D eigenvalue weighted by molar-refractivity contribution is 6.12. The van der Waals surface area contributed by atoms with Crippen LogP contribution < -0.4 is 10.2 Å². The molecule has 0 saturated carbocycles. The molecule has 0 aromatic heterocycles. The predicted octanol–water partition coefficient (Wildman–Crippen LogP) is 2.94. The number of carbonyl (C=O) groups excluding carboxylic acids is 2. The van der Waals surface area contributed by atoms with Crippen molar-refractivity contribution in [3.8, 4) is 0 Å². The molecule has 0 bridgehead atoms. The fraction of sp³-hybridized carbons (Fsp3) is 0.200. The fourth-order valence-electron chi connectivity index (χ4n) is 3.44. The van der Waals surface area contributed by atoms with Gasteiger partial charge in [0.2, 0.25) is 11.8 Å². The van der Waals surface area contributed by atoms with Gasteiger partial charge in [-0.3, -0.25) is 9.59 Å². The summed E-state index contributed by atoms with van der Waals surface area (Å²) in [5.41, 5.74) is 2.90. The first-order valence-corrected chi connectivity index (χ1v) is 8.43. The van der Waals surface area contributed by atoms with Crippen molar-refractivity contribution in [3.05, 3.63) is 77.2 Å². The van der Waals surface area contributed by atoms with Crippen LogP contribution in [0.4, 0.5) is 10.1 Å². The van der Waals surface area contributed by atoms with Crippen molar-refractivity contribution in [1.82, 2.24) is 5.32 Å². The molecule has 0 radical (unpaired) electrons. The highest BCUT2D eigenvalue weighted by atomic mass is 19.1. The molecule has 1 N–H and O–H groups in total. The molecule has 26 heavy (non-hydrogen) atoms. The van der Waals surface area contributed by atoms with Crippen molar-refractivity contribution >= 4 is 17.5 Å². The average Bonchev–Trinajstić information content (AvgIpc) is 2.96. The van der Waals surface area contributed by atoms with E-state index in [1.54, 1.807) is 18.4 Å². The predicted molar refractivity (Wildman–Crippen MR) is 94.1 cm³/mol. The van der Waals surface area contributed by atoms with E-state index < -0.39 is 5.92 Å². The zero-order valence-corrected chi connectivity index (χ0v) is 14.2. The van der Waals surface area contributed by atoms with E-state index in [0.29, 0.717) is 30.0 Å². The standard InChI is InChI=1S/C20H17FN2O3/c1-2-23(14-7-5-13(21)6-8-14)20(25)18-15-11-17-12(4-3-9-26-17)10-16(15)22-19(18)24/h3-9,11,18H,2,10H2,1H3,(H,22,24). The molecule has 6 heteroatoms. The van der Waals surface area contributed by atoms with Crippen molar-refractivity contribution in [1.29, 1.82) is 0 Å². The summed E-state index contributed by atoms with van der Waals surface area (Å²) < 4.78 is 18.7. The van der Waals surface area contributed by atoms with Crippen LogP contribution >= 0.6 is 0 Å². The Morgan fingerprint density at radius 1 is 1.35 bits per heavy atom. The van der Waals surface area contributed by atoms with Crippen LogP contribution in [0.15, 0.2) is 71.4 Å². The van der Waals surface area contributed by atoms with Crippen LogP contribution in [-0.2, 0) is 14.3 Å². The highest BCUT2D eigenvalue weighted by Crippen LogP contribution is 2.38. The van der Waals surface area contributed by atoms with E-state index in [2.05, 4.69) is 5.32 Å². The Balaban J connectivity index is 1.67. The Hall–Kier alpha value is -3.15. The quantitative estimate of drug-likeness (QED) is 0.851. The van der Waals surface area contributed by atoms with E-state index in [0.717, 1.165) is 11.3 Å². The molecule has 2 heterocycles. The summed E-state index contributed by atoms with van der Waals surface area (Å²) in [4.78, 5) is 27.1. The molecule has 1 unspecified atom stereocenters. The minimum absolute atomic E-state index is 0.336. The largest absolute Gasteiger partial charge is 0.465 e. The maximum absolute atomic E-state index is 13.2. The van der Waals surface area contributed by atoms with E-state index in [9.17, 15) is 14.0 Å². The molecule has 1 atom stereocenters. The van der Waals surface area contributed by atoms with Crippen molar-refractivity contribution in [2.24, 2.45) is 5.92 Å². The number of ether oxygens (including phenoxy) is 1. The molecule has 5 nitrogen and oxygen atoms in total. The van der Waals surface area contributed by atoms with Crippen LogP contribution in [0.5, 0.6) is 0 Å². The summed E-state index contributed by atoms with van der Waals surface area (Å²) in [6.45, 7) is 2.19. The highest BCUT2D eigenvalue weighted by Gasteiger charge is 2.42. The van der Waals surface area contributed by atoms with Crippen molar-refractivity contribution in [2.75, 3.05) is 11.4 Å². The average molecular weight is 352 g/mol. The topological polar surface area (TPSA) is 58.6 Å². The van der Waals surface area contributed by atoms with Gasteiger partial charge in [0.05, 0.1) is 6.26 Å². The molecular formula is C20H17FN2O3. The lowest BCUT2D eigenvalue weighted by atomic mass is 9.90. The molecule has 0 fully saturated rings. The van der Waals surface area contributed by atoms with Gasteiger partial charge in [-0.05, 0) is 48.9 Å². The van der Waals surface area contributed by atoms with E-state index in [-0.39, 0.29) is 17.6 Å². The van der Waals surface area contributed by atoms with E-state index in [1.807, 2.05) is 13.0 Å². The molecule has 0 saturated heterocycles. The second-order valence-electron chi connectivity index (χ2n) is 6.24. The molecule has 1 aromatic rings. The van der Waals surface area contributed by atoms with Crippen molar-refractivity contribution < 1.29 is 18.7 Å². The van der Waals surface area contributed by atoms with Gasteiger partial charge in [0.25, 0.3) is 0 Å². The number of nitrogens with zero attached hydrogens (tertiary/aromatic N) is 1. The Labute approximate surface area is 150 Å². The Morgan fingerprint density at radius 2 is 2.12 bits per heavy atom. The Morgan fingerprint density at radius 3 is 2.85 bits per heavy atom. The van der Waals surface area contributed by atoms with Gasteiger partial charge in [0, 0.05) is 29.9 Å². The van der Waals surface area contributed by atoms with Gasteiger partial charge >= 0.3 is 0 Å². The summed E-state index contributed by atoms with van der Waals surface area (Å²) in [6, 6.07) is 5.67. The summed E-state index contributed by atoms with van der Waals surface area (Å²) in [5.74, 6) is -1.33. The number of amides is 2. The summed E-state index contributed by atoms with van der Waals surface area (Å²) in [5, 5.41) is 2.83. The number of hydrogen-bond acceptors (Lipinski definition) is 3. The smallest absolute Gasteiger partial charge is 0.244 e. The number of benzene rings is 1. The third-order valence-corrected chi connectivity index (χ3v) is 4.70. The van der Waals surface area contributed by atoms with E-state index in [4.69, 9.17) is 4.74 Å². The molecule has 132 valence electrons. The lowest BCUT2D eigenvalue weighted by Crippen LogP contribution is -2.40. The van der Waals surface area contributed by atoms with Gasteiger partial charge in [-0.1, -0.05) is 6.08 Å². The summed E-state index contributed by atoms with van der Waals surface area (Å²) >= 11 is 0. The van der Waals surface area contributed by atoms with Gasteiger partial charge in [-0.25, -0.2) is 4.39 Å². The van der Waals surface area contributed by atoms with Crippen LogP contribution in [0.3, 0.4) is 0 Å². The van der Waals surface area contributed by atoms with E-state index >= 15 is 0 Å². The number of anilines is 1. The number of allylic oxidation sites excluding steroid dienone is 5. The summed E-state index contributed by atoms with van der Waals surface area (Å²) in [6.07, 6.45) is 7.57. The van der Waals surface area contributed by atoms with Crippen LogP contribution in [-0.4, -0.2) is 18.4 Å². The van der Waals surface area contributed by atoms with Crippen LogP contribution in [0.25, 0.3) is 0 Å². The van der Waals surface area contributed by atoms with Gasteiger partial charge in [0.1, 0.15) is 17.5 Å². The first kappa shape index (κ1) is 16.3. The third kappa shape index (κ3) is 2.63. The maximum Gasteiger partial charge on any atom is 0.244 e. The number of hydrogen-bond donors (Lipinski definition) is 1. The number of nitrogens with one attached hydrogen (secondary N) is 1. The molecule has 0 spiro atoms. The number of halogens is 1. The molecule has 4 rings (SSSR count). The SMILES string of the molecule is CCN(C(=O)C1C(=O)NC2=C1C=C1OC=CC=C1C2)c1ccc(F)cc1. The van der Waals surface area contributed by atoms with Crippen LogP contribution in [0, 0.1) is 11.7 Å². The molecular weight excluding hydrogens is 335 g/mol. The first-order chi connectivity index (χ1) is 12.6. The van der Waals surface area contributed by atoms with E-state index in [1.165, 1.54) is 29.2 Å². The molecule has 1 aliphatic carbocycles. The fourth-order valence-corrected chi connectivity index (χ4v) is 3.44. The maximum atomic E-state index is 13.2. The van der Waals surface area contributed by atoms with Gasteiger partial charge < -0.3 is 15.0 Å². The first-order valence-electron chi connectivity index (χ1n) is 8.43. The van der Waals surface area contributed by atoms with Crippen molar-refractivity contribution in [3.63, 3.8) is 0 Å². The summed E-state index contributed by atoms with van der Waals surface area (Å²) in [7, 11) is 0. The van der Waals surface area contributed by atoms with Gasteiger partial charge in [-0.2, -0.15) is 0 Å². The Kier molecular flexibility index (Phi) is 3.95. The minimum Gasteiger partial charge on any atom is -0.465 e. The monoisotopic (exact) mass is 352 g/mol. The van der Waals surface area contributed by atoms with Crippen LogP contribution in [0.2, 0.25) is 0 Å².